The number of aromatic nitrogens is 2. The molecule has 1 aromatic heterocycles. The fourth-order valence-corrected chi connectivity index (χ4v) is 2.09. The maximum atomic E-state index is 11.4. The van der Waals surface area contributed by atoms with E-state index in [4.69, 9.17) is 11.5 Å². The Labute approximate surface area is 130 Å². The first-order chi connectivity index (χ1) is 9.29. The Hall–Kier alpha value is -2.01. The summed E-state index contributed by atoms with van der Waals surface area (Å²) in [6.45, 7) is 7.03. The number of rotatable bonds is 3. The number of carbonyl (C=O) groups excluding carboxylic acids is 1. The van der Waals surface area contributed by atoms with Gasteiger partial charge in [-0.15, -0.1) is 12.4 Å². The smallest absolute Gasteiger partial charge is 0.269 e. The van der Waals surface area contributed by atoms with Crippen LogP contribution in [0.25, 0.3) is 0 Å². The van der Waals surface area contributed by atoms with Crippen molar-refractivity contribution in [3.05, 3.63) is 47.4 Å². The Morgan fingerprint density at radius 1 is 1.24 bits per heavy atom. The third-order valence-electron chi connectivity index (χ3n) is 3.27. The average molecular weight is 309 g/mol. The van der Waals surface area contributed by atoms with Gasteiger partial charge in [-0.1, -0.05) is 45.0 Å². The van der Waals surface area contributed by atoms with Gasteiger partial charge in [0.1, 0.15) is 0 Å². The Kier molecular flexibility index (Phi) is 5.01. The minimum absolute atomic E-state index is 0. The number of hydrogen-bond acceptors (Lipinski definition) is 3. The Morgan fingerprint density at radius 2 is 1.81 bits per heavy atom. The van der Waals surface area contributed by atoms with Crippen molar-refractivity contribution in [3.8, 4) is 0 Å². The van der Waals surface area contributed by atoms with E-state index in [0.29, 0.717) is 6.54 Å². The molecule has 0 bridgehead atoms. The molecular weight excluding hydrogens is 288 g/mol. The van der Waals surface area contributed by atoms with Crippen molar-refractivity contribution in [3.63, 3.8) is 0 Å². The molecule has 2 rings (SSSR count). The van der Waals surface area contributed by atoms with Crippen molar-refractivity contribution < 1.29 is 4.79 Å². The summed E-state index contributed by atoms with van der Waals surface area (Å²) in [4.78, 5) is 15.3. The van der Waals surface area contributed by atoms with Gasteiger partial charge in [-0.05, 0) is 16.5 Å². The lowest BCUT2D eigenvalue weighted by Gasteiger charge is -2.19. The van der Waals surface area contributed by atoms with Gasteiger partial charge >= 0.3 is 0 Å². The fraction of sp³-hybridized carbons (Fsp3) is 0.333. The number of hydrogen-bond donors (Lipinski definition) is 2. The summed E-state index contributed by atoms with van der Waals surface area (Å²) in [7, 11) is 0. The third-order valence-corrected chi connectivity index (χ3v) is 3.27. The second-order valence-corrected chi connectivity index (χ2v) is 5.92. The van der Waals surface area contributed by atoms with Gasteiger partial charge in [-0.3, -0.25) is 4.79 Å². The molecule has 0 aliphatic carbocycles. The molecule has 1 amide bonds. The van der Waals surface area contributed by atoms with E-state index in [-0.39, 0.29) is 29.3 Å². The number of imidazole rings is 1. The summed E-state index contributed by atoms with van der Waals surface area (Å²) >= 11 is 0. The standard InChI is InChI=1S/C15H20N4O.ClH/c1-15(2,3)11-6-4-10(5-7-11)8-19-9-18-13(16)12(19)14(17)20;/h4-7,9H,8,16H2,1-3H3,(H2,17,20);1H. The van der Waals surface area contributed by atoms with Gasteiger partial charge in [0, 0.05) is 6.54 Å². The predicted octanol–water partition coefficient (Wildman–Crippen LogP) is 2.33. The first-order valence-electron chi connectivity index (χ1n) is 6.49. The molecule has 0 saturated heterocycles. The van der Waals surface area contributed by atoms with Gasteiger partial charge in [0.25, 0.3) is 5.91 Å². The van der Waals surface area contributed by atoms with Crippen LogP contribution < -0.4 is 11.5 Å². The second-order valence-electron chi connectivity index (χ2n) is 5.92. The van der Waals surface area contributed by atoms with Crippen molar-refractivity contribution >= 4 is 24.1 Å². The molecule has 21 heavy (non-hydrogen) atoms. The lowest BCUT2D eigenvalue weighted by atomic mass is 9.87. The molecule has 5 nitrogen and oxygen atoms in total. The second kappa shape index (κ2) is 6.18. The molecule has 0 aliphatic heterocycles. The zero-order chi connectivity index (χ0) is 14.9. The van der Waals surface area contributed by atoms with Crippen LogP contribution in [0, 0.1) is 0 Å². The number of nitrogens with two attached hydrogens (primary N) is 2. The number of amides is 1. The van der Waals surface area contributed by atoms with Crippen molar-refractivity contribution in [1.82, 2.24) is 9.55 Å². The van der Waals surface area contributed by atoms with E-state index in [9.17, 15) is 4.79 Å². The number of carbonyl (C=O) groups is 1. The molecule has 1 aromatic carbocycles. The summed E-state index contributed by atoms with van der Waals surface area (Å²) in [6.07, 6.45) is 1.53. The van der Waals surface area contributed by atoms with Crippen molar-refractivity contribution in [2.45, 2.75) is 32.7 Å². The highest BCUT2D eigenvalue weighted by molar-refractivity contribution is 5.95. The summed E-state index contributed by atoms with van der Waals surface area (Å²) < 4.78 is 1.67. The van der Waals surface area contributed by atoms with Crippen LogP contribution in [0.3, 0.4) is 0 Å². The monoisotopic (exact) mass is 308 g/mol. The predicted molar refractivity (Wildman–Crippen MR) is 86.6 cm³/mol. The zero-order valence-electron chi connectivity index (χ0n) is 12.5. The molecule has 0 fully saturated rings. The van der Waals surface area contributed by atoms with Gasteiger partial charge in [-0.2, -0.15) is 0 Å². The number of nitrogens with zero attached hydrogens (tertiary/aromatic N) is 2. The summed E-state index contributed by atoms with van der Waals surface area (Å²) in [5.74, 6) is -0.393. The lowest BCUT2D eigenvalue weighted by Crippen LogP contribution is -2.18. The van der Waals surface area contributed by atoms with E-state index in [1.54, 1.807) is 4.57 Å². The molecule has 1 heterocycles. The number of anilines is 1. The van der Waals surface area contributed by atoms with E-state index in [1.807, 2.05) is 12.1 Å². The van der Waals surface area contributed by atoms with Crippen LogP contribution in [0.2, 0.25) is 0 Å². The first-order valence-corrected chi connectivity index (χ1v) is 6.49. The van der Waals surface area contributed by atoms with Crippen LogP contribution in [-0.4, -0.2) is 15.5 Å². The number of primary amides is 1. The quantitative estimate of drug-likeness (QED) is 0.912. The van der Waals surface area contributed by atoms with Crippen LogP contribution in [0.4, 0.5) is 5.82 Å². The Balaban J connectivity index is 0.00000220. The molecule has 0 unspecified atom stereocenters. The minimum atomic E-state index is -0.564. The summed E-state index contributed by atoms with van der Waals surface area (Å²) in [6, 6.07) is 8.28. The largest absolute Gasteiger partial charge is 0.382 e. The highest BCUT2D eigenvalue weighted by Crippen LogP contribution is 2.22. The van der Waals surface area contributed by atoms with Gasteiger partial charge < -0.3 is 16.0 Å². The molecule has 0 radical (unpaired) electrons. The first kappa shape index (κ1) is 17.0. The van der Waals surface area contributed by atoms with Crippen LogP contribution in [0.15, 0.2) is 30.6 Å². The Morgan fingerprint density at radius 3 is 2.29 bits per heavy atom. The number of benzene rings is 1. The van der Waals surface area contributed by atoms with Gasteiger partial charge in [0.05, 0.1) is 6.33 Å². The van der Waals surface area contributed by atoms with E-state index >= 15 is 0 Å². The van der Waals surface area contributed by atoms with Gasteiger partial charge in [0.15, 0.2) is 11.5 Å². The fourth-order valence-electron chi connectivity index (χ4n) is 2.09. The summed E-state index contributed by atoms with van der Waals surface area (Å²) in [5, 5.41) is 0. The molecule has 114 valence electrons. The van der Waals surface area contributed by atoms with Crippen molar-refractivity contribution in [2.24, 2.45) is 5.73 Å². The van der Waals surface area contributed by atoms with E-state index in [0.717, 1.165) is 5.56 Å². The van der Waals surface area contributed by atoms with Crippen molar-refractivity contribution in [1.29, 1.82) is 0 Å². The molecule has 0 saturated carbocycles. The average Bonchev–Trinajstić information content (AvgIpc) is 2.70. The lowest BCUT2D eigenvalue weighted by molar-refractivity contribution is 0.0993. The van der Waals surface area contributed by atoms with Crippen LogP contribution >= 0.6 is 12.4 Å². The van der Waals surface area contributed by atoms with E-state index < -0.39 is 5.91 Å². The molecule has 0 aliphatic rings. The maximum Gasteiger partial charge on any atom is 0.269 e. The molecule has 0 atom stereocenters. The molecule has 4 N–H and O–H groups in total. The molecular formula is C15H21ClN4O. The summed E-state index contributed by atoms with van der Waals surface area (Å²) in [5.41, 5.74) is 13.7. The molecule has 6 heteroatoms. The molecule has 2 aromatic rings. The minimum Gasteiger partial charge on any atom is -0.382 e. The van der Waals surface area contributed by atoms with Gasteiger partial charge in [-0.25, -0.2) is 4.98 Å². The van der Waals surface area contributed by atoms with Crippen LogP contribution in [0.5, 0.6) is 0 Å². The van der Waals surface area contributed by atoms with Crippen LogP contribution in [0.1, 0.15) is 42.4 Å². The maximum absolute atomic E-state index is 11.4. The van der Waals surface area contributed by atoms with E-state index in [2.05, 4.69) is 37.9 Å². The number of halogens is 1. The highest BCUT2D eigenvalue weighted by atomic mass is 35.5. The third kappa shape index (κ3) is 3.76. The zero-order valence-corrected chi connectivity index (χ0v) is 13.3. The SMILES string of the molecule is CC(C)(C)c1ccc(Cn2cnc(N)c2C(N)=O)cc1.Cl. The highest BCUT2D eigenvalue weighted by Gasteiger charge is 2.15. The topological polar surface area (TPSA) is 86.9 Å². The molecule has 0 spiro atoms. The van der Waals surface area contributed by atoms with Crippen molar-refractivity contribution in [2.75, 3.05) is 5.73 Å². The Bertz CT molecular complexity index is 626. The van der Waals surface area contributed by atoms with E-state index in [1.165, 1.54) is 11.9 Å². The van der Waals surface area contributed by atoms with Crippen LogP contribution in [-0.2, 0) is 12.0 Å². The number of nitrogen functional groups attached to an aromatic ring is 1. The van der Waals surface area contributed by atoms with Gasteiger partial charge in [0.2, 0.25) is 0 Å². The normalized spacial score (nSPS) is 11.0.